The maximum Gasteiger partial charge on any atom is 0.334 e. The van der Waals surface area contributed by atoms with Crippen LogP contribution in [0.4, 0.5) is 4.79 Å². The molecule has 0 radical (unpaired) electrons. The second-order valence-corrected chi connectivity index (χ2v) is 12.6. The van der Waals surface area contributed by atoms with Crippen molar-refractivity contribution >= 4 is 34.8 Å². The molecule has 3 aromatic carbocycles. The average molecular weight is 685 g/mol. The number of nitrogens with one attached hydrogen (secondary N) is 3. The van der Waals surface area contributed by atoms with Gasteiger partial charge in [-0.05, 0) is 41.3 Å². The summed E-state index contributed by atoms with van der Waals surface area (Å²) in [6.45, 7) is 3.88. The number of amides is 5. The fourth-order valence-electron chi connectivity index (χ4n) is 6.79. The topological polar surface area (TPSA) is 155 Å². The van der Waals surface area contributed by atoms with Gasteiger partial charge in [0, 0.05) is 39.7 Å². The van der Waals surface area contributed by atoms with Crippen molar-refractivity contribution in [1.29, 1.82) is 0 Å². The second-order valence-electron chi connectivity index (χ2n) is 12.6. The number of hydrogen-bond acceptors (Lipinski definition) is 7. The van der Waals surface area contributed by atoms with Crippen LogP contribution in [0.25, 0.3) is 11.0 Å². The van der Waals surface area contributed by atoms with E-state index in [-0.39, 0.29) is 62.1 Å². The molecule has 4 aromatic rings. The molecule has 5 amide bonds. The van der Waals surface area contributed by atoms with Crippen molar-refractivity contribution in [2.75, 3.05) is 39.9 Å². The molecule has 2 aliphatic rings. The van der Waals surface area contributed by atoms with E-state index in [1.807, 2.05) is 55.5 Å². The van der Waals surface area contributed by atoms with E-state index in [0.717, 1.165) is 27.7 Å². The Morgan fingerprint density at radius 1 is 0.980 bits per heavy atom. The Morgan fingerprint density at radius 3 is 2.50 bits per heavy atom. The number of aromatic nitrogens is 2. The molecule has 2 fully saturated rings. The second kappa shape index (κ2) is 15.5. The van der Waals surface area contributed by atoms with E-state index in [2.05, 4.69) is 15.7 Å². The van der Waals surface area contributed by atoms with Gasteiger partial charge in [0.15, 0.2) is 0 Å². The summed E-state index contributed by atoms with van der Waals surface area (Å²) in [6, 6.07) is 20.6. The number of methoxy groups -OCH3 is 1. The highest BCUT2D eigenvalue weighted by atomic mass is 16.5. The Morgan fingerprint density at radius 2 is 1.76 bits per heavy atom. The van der Waals surface area contributed by atoms with Crippen molar-refractivity contribution in [2.24, 2.45) is 0 Å². The lowest BCUT2D eigenvalue weighted by Gasteiger charge is -2.55. The Kier molecular flexibility index (Phi) is 10.7. The molecule has 6 rings (SSSR count). The van der Waals surface area contributed by atoms with Gasteiger partial charge in [0.1, 0.15) is 24.5 Å². The Bertz CT molecular complexity index is 1810. The van der Waals surface area contributed by atoms with Crippen LogP contribution in [-0.2, 0) is 45.2 Å². The van der Waals surface area contributed by atoms with E-state index in [1.165, 1.54) is 0 Å². The molecule has 0 saturated carbocycles. The normalized spacial score (nSPS) is 18.1. The number of benzene rings is 3. The Labute approximate surface area is 290 Å². The number of para-hydroxylation sites is 1. The van der Waals surface area contributed by atoms with E-state index in [1.54, 1.807) is 55.9 Å². The summed E-state index contributed by atoms with van der Waals surface area (Å²) >= 11 is 0. The molecule has 2 atom stereocenters. The lowest BCUT2D eigenvalue weighted by molar-refractivity contribution is -0.190. The maximum absolute atomic E-state index is 14.5. The fraction of sp³-hybridized carbons (Fsp3) is 0.389. The number of H-pyrrole nitrogens is 1. The number of piperazine rings is 1. The molecule has 3 heterocycles. The van der Waals surface area contributed by atoms with Crippen LogP contribution in [-0.4, -0.2) is 111 Å². The predicted molar refractivity (Wildman–Crippen MR) is 185 cm³/mol. The maximum atomic E-state index is 14.5. The summed E-state index contributed by atoms with van der Waals surface area (Å²) in [5, 5.41) is 22.4. The average Bonchev–Trinajstić information content (AvgIpc) is 3.09. The largest absolute Gasteiger partial charge is 0.508 e. The van der Waals surface area contributed by atoms with Crippen molar-refractivity contribution in [1.82, 2.24) is 40.2 Å². The first-order valence-electron chi connectivity index (χ1n) is 16.9. The Hall–Kier alpha value is -5.34. The van der Waals surface area contributed by atoms with E-state index in [4.69, 9.17) is 4.74 Å². The van der Waals surface area contributed by atoms with E-state index in [0.29, 0.717) is 32.7 Å². The lowest BCUT2D eigenvalue weighted by Crippen LogP contribution is -2.76. The van der Waals surface area contributed by atoms with Crippen LogP contribution in [0, 0.1) is 0 Å². The molecule has 2 aliphatic heterocycles. The van der Waals surface area contributed by atoms with Gasteiger partial charge in [0.2, 0.25) is 17.7 Å². The minimum absolute atomic E-state index is 0.0400. The zero-order valence-electron chi connectivity index (χ0n) is 28.4. The number of aromatic hydroxyl groups is 1. The molecule has 2 saturated heterocycles. The number of rotatable bonds is 13. The molecule has 0 bridgehead atoms. The van der Waals surface area contributed by atoms with Gasteiger partial charge >= 0.3 is 6.03 Å². The number of phenolic OH excluding ortho intramolecular Hbond substituents is 1. The zero-order valence-corrected chi connectivity index (χ0v) is 28.4. The summed E-state index contributed by atoms with van der Waals surface area (Å²) < 4.78 is 6.78. The molecule has 50 heavy (non-hydrogen) atoms. The summed E-state index contributed by atoms with van der Waals surface area (Å²) in [4.78, 5) is 58.3. The van der Waals surface area contributed by atoms with Gasteiger partial charge < -0.3 is 30.3 Å². The first-order valence-corrected chi connectivity index (χ1v) is 16.9. The summed E-state index contributed by atoms with van der Waals surface area (Å²) in [7, 11) is 1.57. The van der Waals surface area contributed by atoms with E-state index >= 15 is 0 Å². The Balaban J connectivity index is 1.32. The van der Waals surface area contributed by atoms with Crippen LogP contribution >= 0.6 is 0 Å². The van der Waals surface area contributed by atoms with Crippen molar-refractivity contribution < 1.29 is 29.0 Å². The van der Waals surface area contributed by atoms with Gasteiger partial charge in [-0.25, -0.2) is 14.8 Å². The molecule has 14 nitrogen and oxygen atoms in total. The van der Waals surface area contributed by atoms with Crippen LogP contribution in [0.1, 0.15) is 30.0 Å². The monoisotopic (exact) mass is 684 g/mol. The molecule has 264 valence electrons. The van der Waals surface area contributed by atoms with Gasteiger partial charge in [0.05, 0.1) is 30.7 Å². The van der Waals surface area contributed by atoms with Crippen molar-refractivity contribution in [3.05, 3.63) is 89.5 Å². The number of urea groups is 1. The van der Waals surface area contributed by atoms with E-state index < -0.39 is 12.2 Å². The lowest BCUT2D eigenvalue weighted by atomic mass is 9.98. The number of fused-ring (bicyclic) bond motifs is 2. The van der Waals surface area contributed by atoms with Crippen molar-refractivity contribution in [2.45, 2.75) is 51.6 Å². The third kappa shape index (κ3) is 7.45. The molecule has 1 aromatic heterocycles. The molecule has 0 aliphatic carbocycles. The third-order valence-corrected chi connectivity index (χ3v) is 9.11. The molecular weight excluding hydrogens is 640 g/mol. The number of phenols is 1. The third-order valence-electron chi connectivity index (χ3n) is 9.11. The predicted octanol–water partition coefficient (Wildman–Crippen LogP) is 2.40. The number of ether oxygens (including phenoxy) is 1. The highest BCUT2D eigenvalue weighted by Crippen LogP contribution is 2.31. The first-order chi connectivity index (χ1) is 24.3. The van der Waals surface area contributed by atoms with Gasteiger partial charge in [-0.1, -0.05) is 61.5 Å². The van der Waals surface area contributed by atoms with Crippen LogP contribution in [0.3, 0.4) is 0 Å². The van der Waals surface area contributed by atoms with Crippen LogP contribution < -0.4 is 10.6 Å². The minimum Gasteiger partial charge on any atom is -0.508 e. The van der Waals surface area contributed by atoms with Gasteiger partial charge in [-0.3, -0.25) is 24.2 Å². The van der Waals surface area contributed by atoms with Gasteiger partial charge in [-0.2, -0.15) is 0 Å². The highest BCUT2D eigenvalue weighted by Gasteiger charge is 2.51. The summed E-state index contributed by atoms with van der Waals surface area (Å²) in [6.07, 6.45) is 0.140. The number of hydrazine groups is 1. The molecule has 14 heteroatoms. The molecule has 4 N–H and O–H groups in total. The first kappa shape index (κ1) is 34.5. The zero-order chi connectivity index (χ0) is 35.2. The minimum atomic E-state index is -0.894. The standard InChI is InChI=1S/C36H44N8O6/c1-3-17-41-24-33(47)43-30(19-25-12-14-28(45)15-13-25)35(48)40(23-32(43)44(41)36(49)38-20-26-8-5-4-6-9-26)21-27-10-7-11-29-34(27)42(39-29)22-31(46)37-16-18-50-2/h4-15,30,32,39,45H,3,16-24H2,1-2H3,(H,37,46)(H,38,49)/t30-,32-/m0/s1. The van der Waals surface area contributed by atoms with Crippen LogP contribution in [0.5, 0.6) is 5.75 Å². The molecule has 0 spiro atoms. The number of aromatic amines is 1. The number of hydrogen-bond donors (Lipinski definition) is 4. The SMILES string of the molecule is CCCN1CC(=O)N2[C@@H](Cc3ccc(O)cc3)C(=O)N(Cc3cccc4[nH]n(CC(=O)NCCOC)c34)C[C@@H]2N1C(=O)NCc1ccccc1. The summed E-state index contributed by atoms with van der Waals surface area (Å²) in [5.41, 5.74) is 4.17. The quantitative estimate of drug-likeness (QED) is 0.158. The smallest absolute Gasteiger partial charge is 0.334 e. The van der Waals surface area contributed by atoms with Gasteiger partial charge in [0.25, 0.3) is 0 Å². The molecule has 0 unspecified atom stereocenters. The van der Waals surface area contributed by atoms with E-state index in [9.17, 15) is 24.3 Å². The van der Waals surface area contributed by atoms with Crippen LogP contribution in [0.15, 0.2) is 72.8 Å². The fourth-order valence-corrected chi connectivity index (χ4v) is 6.79. The highest BCUT2D eigenvalue weighted by molar-refractivity contribution is 5.92. The number of nitrogens with zero attached hydrogens (tertiary/aromatic N) is 5. The number of carbonyl (C=O) groups is 4. The summed E-state index contributed by atoms with van der Waals surface area (Å²) in [5.74, 6) is -0.556. The van der Waals surface area contributed by atoms with Gasteiger partial charge in [-0.15, -0.1) is 0 Å². The van der Waals surface area contributed by atoms with Crippen molar-refractivity contribution in [3.63, 3.8) is 0 Å². The number of carbonyl (C=O) groups excluding carboxylic acids is 4. The van der Waals surface area contributed by atoms with Crippen molar-refractivity contribution in [3.8, 4) is 5.75 Å². The molecular formula is C36H44N8O6. The van der Waals surface area contributed by atoms with Crippen LogP contribution in [0.2, 0.25) is 0 Å².